The van der Waals surface area contributed by atoms with E-state index in [-0.39, 0.29) is 10.7 Å². The highest BCUT2D eigenvalue weighted by atomic mass is 35.5. The number of nitrogens with zero attached hydrogens (tertiary/aromatic N) is 2. The molecule has 5 heteroatoms. The fourth-order valence-corrected chi connectivity index (χ4v) is 1.97. The Morgan fingerprint density at radius 3 is 1.83 bits per heavy atom. The molecule has 12 heavy (non-hydrogen) atoms. The van der Waals surface area contributed by atoms with Gasteiger partial charge in [0.2, 0.25) is 5.28 Å². The molecule has 0 aliphatic carbocycles. The van der Waals surface area contributed by atoms with Crippen LogP contribution in [0.4, 0.5) is 0 Å². The Balaban J connectivity index is 3.32. The van der Waals surface area contributed by atoms with Crippen LogP contribution in [0.15, 0.2) is 0 Å². The molecule has 1 heterocycles. The molecular weight excluding hydrogens is 218 g/mol. The summed E-state index contributed by atoms with van der Waals surface area (Å²) in [7, 11) is 0. The molecule has 0 saturated heterocycles. The van der Waals surface area contributed by atoms with E-state index in [0.29, 0.717) is 10.4 Å². The van der Waals surface area contributed by atoms with Crippen LogP contribution in [-0.4, -0.2) is 9.55 Å². The van der Waals surface area contributed by atoms with Gasteiger partial charge in [-0.25, -0.2) is 4.98 Å². The summed E-state index contributed by atoms with van der Waals surface area (Å²) in [4.78, 5) is 3.84. The molecule has 0 amide bonds. The van der Waals surface area contributed by atoms with Crippen LogP contribution in [0.5, 0.6) is 0 Å². The Morgan fingerprint density at radius 2 is 1.67 bits per heavy atom. The van der Waals surface area contributed by atoms with E-state index in [1.54, 1.807) is 4.57 Å². The van der Waals surface area contributed by atoms with Gasteiger partial charge >= 0.3 is 0 Å². The maximum Gasteiger partial charge on any atom is 0.205 e. The van der Waals surface area contributed by atoms with Crippen molar-refractivity contribution in [1.82, 2.24) is 9.55 Å². The first-order chi connectivity index (χ1) is 5.34. The molecule has 0 aliphatic heterocycles. The minimum atomic E-state index is -0.200. The normalized spacial score (nSPS) is 12.2. The van der Waals surface area contributed by atoms with E-state index in [9.17, 15) is 0 Å². The maximum absolute atomic E-state index is 5.88. The Labute approximate surface area is 86.4 Å². The van der Waals surface area contributed by atoms with Gasteiger partial charge in [0.05, 0.1) is 0 Å². The highest BCUT2D eigenvalue weighted by Gasteiger charge is 2.22. The average molecular weight is 228 g/mol. The Kier molecular flexibility index (Phi) is 2.62. The van der Waals surface area contributed by atoms with Crippen molar-refractivity contribution >= 4 is 34.8 Å². The first-order valence-electron chi connectivity index (χ1n) is 3.43. The number of hydrogen-bond acceptors (Lipinski definition) is 1. The van der Waals surface area contributed by atoms with Gasteiger partial charge in [0.25, 0.3) is 0 Å². The lowest BCUT2D eigenvalue weighted by molar-refractivity contribution is 0.398. The fourth-order valence-electron chi connectivity index (χ4n) is 0.922. The summed E-state index contributed by atoms with van der Waals surface area (Å²) in [5.74, 6) is 0. The van der Waals surface area contributed by atoms with Crippen molar-refractivity contribution in [1.29, 1.82) is 0 Å². The van der Waals surface area contributed by atoms with Crippen LogP contribution in [0.25, 0.3) is 0 Å². The molecule has 1 aromatic rings. The van der Waals surface area contributed by atoms with Gasteiger partial charge in [-0.2, -0.15) is 0 Å². The van der Waals surface area contributed by atoms with Crippen molar-refractivity contribution in [3.63, 3.8) is 0 Å². The van der Waals surface area contributed by atoms with Crippen LogP contribution in [0, 0.1) is 0 Å². The van der Waals surface area contributed by atoms with Gasteiger partial charge in [0.1, 0.15) is 5.15 Å². The van der Waals surface area contributed by atoms with E-state index in [0.717, 1.165) is 0 Å². The van der Waals surface area contributed by atoms with Gasteiger partial charge in [0, 0.05) is 5.54 Å². The highest BCUT2D eigenvalue weighted by molar-refractivity contribution is 6.42. The second kappa shape index (κ2) is 3.09. The number of rotatable bonds is 0. The molecule has 0 spiro atoms. The molecule has 0 N–H and O–H groups in total. The highest BCUT2D eigenvalue weighted by Crippen LogP contribution is 2.31. The first kappa shape index (κ1) is 10.2. The number of aromatic nitrogens is 2. The van der Waals surface area contributed by atoms with E-state index in [2.05, 4.69) is 4.98 Å². The van der Waals surface area contributed by atoms with E-state index < -0.39 is 0 Å². The predicted molar refractivity (Wildman–Crippen MR) is 52.3 cm³/mol. The van der Waals surface area contributed by atoms with E-state index in [1.165, 1.54) is 0 Å². The largest absolute Gasteiger partial charge is 0.299 e. The molecule has 1 rings (SSSR count). The molecular formula is C7H9Cl3N2. The molecule has 0 fully saturated rings. The molecule has 2 nitrogen and oxygen atoms in total. The zero-order valence-corrected chi connectivity index (χ0v) is 9.30. The van der Waals surface area contributed by atoms with Gasteiger partial charge in [-0.1, -0.05) is 23.2 Å². The molecule has 0 aliphatic rings. The second-order valence-electron chi connectivity index (χ2n) is 3.47. The average Bonchev–Trinajstić information content (AvgIpc) is 2.05. The van der Waals surface area contributed by atoms with Crippen molar-refractivity contribution in [2.45, 2.75) is 26.3 Å². The Morgan fingerprint density at radius 1 is 1.17 bits per heavy atom. The topological polar surface area (TPSA) is 17.8 Å². The molecule has 0 saturated carbocycles. The van der Waals surface area contributed by atoms with E-state index in [1.807, 2.05) is 20.8 Å². The monoisotopic (exact) mass is 226 g/mol. The Bertz CT molecular complexity index is 298. The van der Waals surface area contributed by atoms with Crippen molar-refractivity contribution < 1.29 is 0 Å². The molecule has 1 aromatic heterocycles. The maximum atomic E-state index is 5.88. The van der Waals surface area contributed by atoms with Gasteiger partial charge in [0.15, 0.2) is 5.15 Å². The zero-order chi connectivity index (χ0) is 9.52. The van der Waals surface area contributed by atoms with Gasteiger partial charge in [-0.05, 0) is 32.4 Å². The van der Waals surface area contributed by atoms with Crippen LogP contribution in [0.3, 0.4) is 0 Å². The van der Waals surface area contributed by atoms with Crippen LogP contribution in [0.1, 0.15) is 20.8 Å². The molecule has 0 bridgehead atoms. The van der Waals surface area contributed by atoms with Gasteiger partial charge < -0.3 is 0 Å². The zero-order valence-electron chi connectivity index (χ0n) is 7.03. The quantitative estimate of drug-likeness (QED) is 0.662. The van der Waals surface area contributed by atoms with Crippen molar-refractivity contribution in [3.8, 4) is 0 Å². The summed E-state index contributed by atoms with van der Waals surface area (Å²) >= 11 is 17.4. The molecule has 0 aromatic carbocycles. The number of imidazole rings is 1. The van der Waals surface area contributed by atoms with Crippen LogP contribution >= 0.6 is 34.8 Å². The number of hydrogen-bond donors (Lipinski definition) is 0. The van der Waals surface area contributed by atoms with Gasteiger partial charge in [-0.3, -0.25) is 4.57 Å². The van der Waals surface area contributed by atoms with Crippen molar-refractivity contribution in [3.05, 3.63) is 15.6 Å². The SMILES string of the molecule is CC(C)(C)n1c(Cl)nc(Cl)c1Cl. The lowest BCUT2D eigenvalue weighted by atomic mass is 10.1. The summed E-state index contributed by atoms with van der Waals surface area (Å²) in [5.41, 5.74) is -0.200. The predicted octanol–water partition coefficient (Wildman–Crippen LogP) is 3.60. The third-order valence-electron chi connectivity index (χ3n) is 1.41. The van der Waals surface area contributed by atoms with Crippen LogP contribution < -0.4 is 0 Å². The fraction of sp³-hybridized carbons (Fsp3) is 0.571. The molecule has 0 atom stereocenters. The second-order valence-corrected chi connectivity index (χ2v) is 4.52. The third-order valence-corrected chi connectivity index (χ3v) is 2.37. The number of halogens is 3. The standard InChI is InChI=1S/C7H9Cl3N2/c1-7(2,3)12-5(9)4(8)11-6(12)10/h1-3H3. The summed E-state index contributed by atoms with van der Waals surface area (Å²) in [6.07, 6.45) is 0. The summed E-state index contributed by atoms with van der Waals surface area (Å²) in [5, 5.41) is 0.947. The molecule has 0 unspecified atom stereocenters. The minimum absolute atomic E-state index is 0.200. The third kappa shape index (κ3) is 1.70. The lowest BCUT2D eigenvalue weighted by Crippen LogP contribution is -2.21. The summed E-state index contributed by atoms with van der Waals surface area (Å²) in [6.45, 7) is 5.92. The van der Waals surface area contributed by atoms with Gasteiger partial charge in [-0.15, -0.1) is 0 Å². The van der Waals surface area contributed by atoms with Crippen LogP contribution in [-0.2, 0) is 5.54 Å². The van der Waals surface area contributed by atoms with Crippen LogP contribution in [0.2, 0.25) is 15.6 Å². The first-order valence-corrected chi connectivity index (χ1v) is 4.57. The lowest BCUT2D eigenvalue weighted by Gasteiger charge is -2.22. The van der Waals surface area contributed by atoms with Crippen molar-refractivity contribution in [2.24, 2.45) is 0 Å². The Hall–Kier alpha value is 0.0800. The summed E-state index contributed by atoms with van der Waals surface area (Å²) < 4.78 is 1.68. The minimum Gasteiger partial charge on any atom is -0.299 e. The van der Waals surface area contributed by atoms with Crippen molar-refractivity contribution in [2.75, 3.05) is 0 Å². The molecule has 68 valence electrons. The summed E-state index contributed by atoms with van der Waals surface area (Å²) in [6, 6.07) is 0. The van der Waals surface area contributed by atoms with E-state index in [4.69, 9.17) is 34.8 Å². The smallest absolute Gasteiger partial charge is 0.205 e. The van der Waals surface area contributed by atoms with E-state index >= 15 is 0 Å². The molecule has 0 radical (unpaired) electrons.